The van der Waals surface area contributed by atoms with Crippen LogP contribution < -0.4 is 4.74 Å². The fraction of sp³-hybridized carbons (Fsp3) is 0.533. The Hall–Kier alpha value is -1.26. The average molecular weight is 290 g/mol. The van der Waals surface area contributed by atoms with E-state index in [4.69, 9.17) is 16.3 Å². The molecule has 0 N–H and O–H groups in total. The summed E-state index contributed by atoms with van der Waals surface area (Å²) in [5, 5.41) is 0.767. The lowest BCUT2D eigenvalue weighted by molar-refractivity contribution is -0.0831. The molecule has 1 aromatic carbocycles. The molecule has 2 aromatic rings. The van der Waals surface area contributed by atoms with Gasteiger partial charge in [-0.25, -0.2) is 0 Å². The second-order valence-electron chi connectivity index (χ2n) is 6.31. The third kappa shape index (κ3) is 1.33. The molecule has 1 spiro atoms. The Labute approximate surface area is 122 Å². The molecule has 1 atom stereocenters. The first kappa shape index (κ1) is 11.4. The fourth-order valence-electron chi connectivity index (χ4n) is 4.25. The minimum Gasteiger partial charge on any atom is -0.454 e. The molecule has 3 saturated heterocycles. The van der Waals surface area contributed by atoms with Gasteiger partial charge in [0.25, 0.3) is 6.01 Å². The van der Waals surface area contributed by atoms with Crippen molar-refractivity contribution in [3.05, 3.63) is 23.2 Å². The normalized spacial score (nSPS) is 34.6. The molecule has 0 radical (unpaired) electrons. The van der Waals surface area contributed by atoms with Crippen molar-refractivity contribution in [1.82, 2.24) is 14.5 Å². The topological polar surface area (TPSA) is 30.3 Å². The van der Waals surface area contributed by atoms with Gasteiger partial charge in [-0.05, 0) is 38.1 Å². The van der Waals surface area contributed by atoms with Crippen LogP contribution in [0.25, 0.3) is 11.0 Å². The standard InChI is InChI=1S/C15H16ClN3O/c16-11-2-1-3-12-13(11)19-9-15(20-14(19)17-12)8-18-6-4-10(15)5-7-18/h1-3,10H,4-9H2/t15-/m1/s1. The van der Waals surface area contributed by atoms with Crippen LogP contribution in [-0.4, -0.2) is 39.7 Å². The summed E-state index contributed by atoms with van der Waals surface area (Å²) < 4.78 is 8.54. The first-order chi connectivity index (χ1) is 9.75. The van der Waals surface area contributed by atoms with E-state index in [-0.39, 0.29) is 5.60 Å². The molecule has 4 aliphatic heterocycles. The van der Waals surface area contributed by atoms with Crippen LogP contribution in [-0.2, 0) is 6.54 Å². The van der Waals surface area contributed by atoms with Crippen molar-refractivity contribution < 1.29 is 4.74 Å². The number of para-hydroxylation sites is 1. The minimum atomic E-state index is -0.0633. The van der Waals surface area contributed by atoms with E-state index in [1.165, 1.54) is 25.9 Å². The Kier molecular flexibility index (Phi) is 2.10. The summed E-state index contributed by atoms with van der Waals surface area (Å²) in [4.78, 5) is 7.15. The quantitative estimate of drug-likeness (QED) is 0.747. The zero-order valence-electron chi connectivity index (χ0n) is 11.2. The van der Waals surface area contributed by atoms with Crippen molar-refractivity contribution in [2.24, 2.45) is 5.92 Å². The average Bonchev–Trinajstić information content (AvgIpc) is 2.94. The number of ether oxygens (including phenoxy) is 1. The van der Waals surface area contributed by atoms with Crippen LogP contribution in [0.1, 0.15) is 12.8 Å². The van der Waals surface area contributed by atoms with Gasteiger partial charge in [0.05, 0.1) is 22.6 Å². The third-order valence-electron chi connectivity index (χ3n) is 5.23. The number of nitrogens with zero attached hydrogens (tertiary/aromatic N) is 3. The molecule has 0 amide bonds. The molecular weight excluding hydrogens is 274 g/mol. The van der Waals surface area contributed by atoms with E-state index < -0.39 is 0 Å². The molecule has 4 aliphatic rings. The molecule has 0 saturated carbocycles. The van der Waals surface area contributed by atoms with E-state index in [9.17, 15) is 0 Å². The van der Waals surface area contributed by atoms with E-state index >= 15 is 0 Å². The number of imidazole rings is 1. The summed E-state index contributed by atoms with van der Waals surface area (Å²) >= 11 is 6.36. The monoisotopic (exact) mass is 289 g/mol. The molecule has 4 nitrogen and oxygen atoms in total. The Bertz CT molecular complexity index is 704. The van der Waals surface area contributed by atoms with Gasteiger partial charge in [-0.2, -0.15) is 4.98 Å². The van der Waals surface area contributed by atoms with Crippen LogP contribution in [0.3, 0.4) is 0 Å². The number of benzene rings is 1. The zero-order valence-corrected chi connectivity index (χ0v) is 11.9. The van der Waals surface area contributed by atoms with Gasteiger partial charge in [-0.1, -0.05) is 17.7 Å². The number of piperidine rings is 3. The number of hydrogen-bond donors (Lipinski definition) is 0. The van der Waals surface area contributed by atoms with Gasteiger partial charge in [-0.3, -0.25) is 9.47 Å². The molecule has 2 bridgehead atoms. The van der Waals surface area contributed by atoms with Gasteiger partial charge >= 0.3 is 0 Å². The molecule has 5 heterocycles. The van der Waals surface area contributed by atoms with E-state index in [2.05, 4.69) is 14.5 Å². The van der Waals surface area contributed by atoms with Crippen LogP contribution >= 0.6 is 11.6 Å². The molecule has 104 valence electrons. The van der Waals surface area contributed by atoms with Gasteiger partial charge < -0.3 is 4.74 Å². The minimum absolute atomic E-state index is 0.0633. The third-order valence-corrected chi connectivity index (χ3v) is 5.53. The van der Waals surface area contributed by atoms with E-state index in [0.29, 0.717) is 5.92 Å². The number of aromatic nitrogens is 2. The maximum Gasteiger partial charge on any atom is 0.298 e. The van der Waals surface area contributed by atoms with Crippen LogP contribution in [0.5, 0.6) is 6.01 Å². The highest BCUT2D eigenvalue weighted by Crippen LogP contribution is 2.45. The molecule has 20 heavy (non-hydrogen) atoms. The van der Waals surface area contributed by atoms with Crippen molar-refractivity contribution in [3.8, 4) is 6.01 Å². The van der Waals surface area contributed by atoms with E-state index in [1.54, 1.807) is 0 Å². The molecule has 0 unspecified atom stereocenters. The lowest BCUT2D eigenvalue weighted by Crippen LogP contribution is -2.61. The van der Waals surface area contributed by atoms with E-state index in [1.807, 2.05) is 18.2 Å². The Balaban J connectivity index is 1.63. The first-order valence-electron chi connectivity index (χ1n) is 7.31. The van der Waals surface area contributed by atoms with Gasteiger partial charge in [0, 0.05) is 12.5 Å². The highest BCUT2D eigenvalue weighted by Gasteiger charge is 2.53. The maximum atomic E-state index is 6.36. The lowest BCUT2D eigenvalue weighted by Gasteiger charge is -2.50. The van der Waals surface area contributed by atoms with Crippen molar-refractivity contribution in [2.45, 2.75) is 25.0 Å². The summed E-state index contributed by atoms with van der Waals surface area (Å²) in [6.07, 6.45) is 2.49. The number of hydrogen-bond acceptors (Lipinski definition) is 3. The van der Waals surface area contributed by atoms with Gasteiger partial charge in [0.2, 0.25) is 0 Å². The van der Waals surface area contributed by atoms with Gasteiger partial charge in [0.15, 0.2) is 0 Å². The summed E-state index contributed by atoms with van der Waals surface area (Å²) in [5.41, 5.74) is 1.90. The van der Waals surface area contributed by atoms with Crippen molar-refractivity contribution in [3.63, 3.8) is 0 Å². The second-order valence-corrected chi connectivity index (χ2v) is 6.71. The zero-order chi connectivity index (χ0) is 13.3. The second kappa shape index (κ2) is 3.68. The molecule has 6 rings (SSSR count). The smallest absolute Gasteiger partial charge is 0.298 e. The first-order valence-corrected chi connectivity index (χ1v) is 7.69. The van der Waals surface area contributed by atoms with Crippen molar-refractivity contribution in [1.29, 1.82) is 0 Å². The largest absolute Gasteiger partial charge is 0.454 e. The molecule has 1 aromatic heterocycles. The van der Waals surface area contributed by atoms with Crippen LogP contribution in [0.15, 0.2) is 18.2 Å². The molecular formula is C15H16ClN3O. The molecule has 5 heteroatoms. The lowest BCUT2D eigenvalue weighted by atomic mass is 9.75. The van der Waals surface area contributed by atoms with Crippen molar-refractivity contribution in [2.75, 3.05) is 19.6 Å². The number of halogens is 1. The summed E-state index contributed by atoms with van der Waals surface area (Å²) in [6.45, 7) is 4.37. The number of rotatable bonds is 0. The van der Waals surface area contributed by atoms with Crippen LogP contribution in [0, 0.1) is 5.92 Å². The Morgan fingerprint density at radius 1 is 1.25 bits per heavy atom. The Morgan fingerprint density at radius 2 is 2.10 bits per heavy atom. The SMILES string of the molecule is Clc1cccc2nc3n(c12)C[C@@]1(CN2CCC1CC2)O3. The summed E-state index contributed by atoms with van der Waals surface area (Å²) in [6, 6.07) is 6.62. The van der Waals surface area contributed by atoms with Crippen LogP contribution in [0.4, 0.5) is 0 Å². The van der Waals surface area contributed by atoms with Crippen LogP contribution in [0.2, 0.25) is 5.02 Å². The van der Waals surface area contributed by atoms with E-state index in [0.717, 1.165) is 35.2 Å². The molecule has 0 aliphatic carbocycles. The van der Waals surface area contributed by atoms with Crippen molar-refractivity contribution >= 4 is 22.6 Å². The fourth-order valence-corrected chi connectivity index (χ4v) is 4.52. The number of fused-ring (bicyclic) bond motifs is 5. The maximum absolute atomic E-state index is 6.36. The van der Waals surface area contributed by atoms with Gasteiger partial charge in [0.1, 0.15) is 5.60 Å². The molecule has 3 fully saturated rings. The predicted molar refractivity (Wildman–Crippen MR) is 77.3 cm³/mol. The summed E-state index contributed by atoms with van der Waals surface area (Å²) in [7, 11) is 0. The summed E-state index contributed by atoms with van der Waals surface area (Å²) in [5.74, 6) is 0.659. The highest BCUT2D eigenvalue weighted by atomic mass is 35.5. The van der Waals surface area contributed by atoms with Gasteiger partial charge in [-0.15, -0.1) is 0 Å². The Morgan fingerprint density at radius 3 is 2.85 bits per heavy atom. The predicted octanol–water partition coefficient (Wildman–Crippen LogP) is 2.55. The highest BCUT2D eigenvalue weighted by molar-refractivity contribution is 6.35.